The van der Waals surface area contributed by atoms with Crippen LogP contribution in [0.4, 0.5) is 5.69 Å². The van der Waals surface area contributed by atoms with Crippen LogP contribution in [0.15, 0.2) is 77.8 Å². The molecule has 6 nitrogen and oxygen atoms in total. The average molecular weight is 456 g/mol. The summed E-state index contributed by atoms with van der Waals surface area (Å²) in [6.07, 6.45) is 0. The smallest absolute Gasteiger partial charge is 0.337 e. The van der Waals surface area contributed by atoms with Crippen molar-refractivity contribution in [2.24, 2.45) is 4.99 Å². The van der Waals surface area contributed by atoms with Gasteiger partial charge in [-0.3, -0.25) is 4.90 Å². The molecule has 0 unspecified atom stereocenters. The van der Waals surface area contributed by atoms with Crippen LogP contribution in [0.1, 0.15) is 40.9 Å². The number of aromatic amines is 1. The second-order valence-electron chi connectivity index (χ2n) is 8.05. The van der Waals surface area contributed by atoms with Crippen LogP contribution in [0.2, 0.25) is 0 Å². The number of esters is 1. The van der Waals surface area contributed by atoms with E-state index in [0.29, 0.717) is 22.4 Å². The predicted molar refractivity (Wildman–Crippen MR) is 136 cm³/mol. The van der Waals surface area contributed by atoms with Crippen molar-refractivity contribution in [1.82, 2.24) is 9.88 Å². The Morgan fingerprint density at radius 2 is 1.68 bits per heavy atom. The number of carbonyl (C=O) groups is 1. The van der Waals surface area contributed by atoms with E-state index in [1.54, 1.807) is 18.2 Å². The van der Waals surface area contributed by atoms with E-state index in [0.717, 1.165) is 36.3 Å². The maximum atomic E-state index is 12.0. The molecule has 0 aliphatic rings. The maximum Gasteiger partial charge on any atom is 0.337 e. The van der Waals surface area contributed by atoms with Crippen LogP contribution in [0.5, 0.6) is 5.88 Å². The largest absolute Gasteiger partial charge is 0.494 e. The second-order valence-corrected chi connectivity index (χ2v) is 8.05. The average Bonchev–Trinajstić information content (AvgIpc) is 3.21. The summed E-state index contributed by atoms with van der Waals surface area (Å²) in [6, 6.07) is 23.1. The summed E-state index contributed by atoms with van der Waals surface area (Å²) in [5, 5.41) is 11.6. The lowest BCUT2D eigenvalue weighted by Crippen LogP contribution is -2.21. The van der Waals surface area contributed by atoms with E-state index >= 15 is 0 Å². The Morgan fingerprint density at radius 1 is 0.971 bits per heavy atom. The summed E-state index contributed by atoms with van der Waals surface area (Å²) in [5.74, 6) is -0.433. The Bertz CT molecular complexity index is 1300. The van der Waals surface area contributed by atoms with E-state index in [1.807, 2.05) is 42.5 Å². The van der Waals surface area contributed by atoms with Gasteiger partial charge in [-0.2, -0.15) is 0 Å². The molecule has 0 radical (unpaired) electrons. The van der Waals surface area contributed by atoms with Gasteiger partial charge in [0.2, 0.25) is 0 Å². The van der Waals surface area contributed by atoms with E-state index in [-0.39, 0.29) is 5.88 Å². The first-order valence-corrected chi connectivity index (χ1v) is 11.4. The Morgan fingerprint density at radius 3 is 2.32 bits per heavy atom. The van der Waals surface area contributed by atoms with Crippen molar-refractivity contribution < 1.29 is 14.6 Å². The number of carbonyl (C=O) groups excluding carboxylic acids is 1. The van der Waals surface area contributed by atoms with Crippen molar-refractivity contribution >= 4 is 28.3 Å². The van der Waals surface area contributed by atoms with Gasteiger partial charge in [-0.15, -0.1) is 0 Å². The molecule has 1 heterocycles. The quantitative estimate of drug-likeness (QED) is 0.265. The van der Waals surface area contributed by atoms with E-state index in [1.165, 1.54) is 12.7 Å². The molecule has 3 aromatic carbocycles. The highest BCUT2D eigenvalue weighted by Gasteiger charge is 2.20. The van der Waals surface area contributed by atoms with Gasteiger partial charge in [0.15, 0.2) is 5.88 Å². The van der Waals surface area contributed by atoms with Gasteiger partial charge in [0.25, 0.3) is 0 Å². The lowest BCUT2D eigenvalue weighted by molar-refractivity contribution is 0.0601. The molecule has 0 saturated heterocycles. The summed E-state index contributed by atoms with van der Waals surface area (Å²) < 4.78 is 4.82. The molecule has 4 rings (SSSR count). The monoisotopic (exact) mass is 455 g/mol. The van der Waals surface area contributed by atoms with Crippen LogP contribution in [0.3, 0.4) is 0 Å². The van der Waals surface area contributed by atoms with Gasteiger partial charge >= 0.3 is 5.97 Å². The molecule has 0 bridgehead atoms. The number of nitrogens with one attached hydrogen (secondary N) is 1. The number of methoxy groups -OCH3 is 1. The lowest BCUT2D eigenvalue weighted by atomic mass is 10.00. The Labute approximate surface area is 199 Å². The van der Waals surface area contributed by atoms with Crippen molar-refractivity contribution in [1.29, 1.82) is 0 Å². The first-order valence-electron chi connectivity index (χ1n) is 11.4. The number of H-pyrrole nitrogens is 1. The topological polar surface area (TPSA) is 77.9 Å². The van der Waals surface area contributed by atoms with Gasteiger partial charge in [-0.25, -0.2) is 9.79 Å². The van der Waals surface area contributed by atoms with E-state index < -0.39 is 5.97 Å². The molecule has 4 aromatic rings. The molecule has 0 spiro atoms. The predicted octanol–water partition coefficient (Wildman–Crippen LogP) is 5.67. The fourth-order valence-corrected chi connectivity index (χ4v) is 4.04. The maximum absolute atomic E-state index is 12.0. The molecule has 0 aliphatic heterocycles. The number of fused-ring (bicyclic) bond motifs is 1. The van der Waals surface area contributed by atoms with Gasteiger partial charge in [-0.05, 0) is 42.9 Å². The van der Waals surface area contributed by atoms with Gasteiger partial charge in [0.1, 0.15) is 0 Å². The molecule has 34 heavy (non-hydrogen) atoms. The number of rotatable bonds is 8. The standard InChI is InChI=1S/C28H29N3O3/c1-4-31(5-2)18-19-11-14-22(15-12-19)29-26(20-9-7-6-8-10-20)25-23-16-13-21(28(33)34-3)17-24(23)30-27(25)32/h6-17,30,32H,4-5,18H2,1-3H3. The van der Waals surface area contributed by atoms with Gasteiger partial charge < -0.3 is 14.8 Å². The number of hydrogen-bond donors (Lipinski definition) is 2. The van der Waals surface area contributed by atoms with Crippen LogP contribution in [-0.2, 0) is 11.3 Å². The third kappa shape index (κ3) is 4.87. The number of hydrogen-bond acceptors (Lipinski definition) is 5. The SMILES string of the molecule is CCN(CC)Cc1ccc(N=C(c2ccccc2)c2c(O)[nH]c3cc(C(=O)OC)ccc23)cc1. The van der Waals surface area contributed by atoms with E-state index in [9.17, 15) is 9.90 Å². The zero-order valence-corrected chi connectivity index (χ0v) is 19.7. The number of benzene rings is 3. The van der Waals surface area contributed by atoms with Gasteiger partial charge in [0.05, 0.1) is 29.6 Å². The Hall–Kier alpha value is -3.90. The van der Waals surface area contributed by atoms with Crippen LogP contribution < -0.4 is 0 Å². The molecule has 0 amide bonds. The fraction of sp³-hybridized carbons (Fsp3) is 0.214. The number of aliphatic imine (C=N–C) groups is 1. The molecular formula is C28H29N3O3. The summed E-state index contributed by atoms with van der Waals surface area (Å²) in [7, 11) is 1.34. The number of nitrogens with zero attached hydrogens (tertiary/aromatic N) is 2. The molecule has 0 saturated carbocycles. The van der Waals surface area contributed by atoms with Gasteiger partial charge in [-0.1, -0.05) is 62.4 Å². The summed E-state index contributed by atoms with van der Waals surface area (Å²) >= 11 is 0. The van der Waals surface area contributed by atoms with Crippen molar-refractivity contribution in [3.63, 3.8) is 0 Å². The molecular weight excluding hydrogens is 426 g/mol. The molecule has 0 fully saturated rings. The normalized spacial score (nSPS) is 11.8. The molecule has 0 aliphatic carbocycles. The minimum absolute atomic E-state index is 0.00206. The number of ether oxygens (including phenoxy) is 1. The molecule has 0 atom stereocenters. The summed E-state index contributed by atoms with van der Waals surface area (Å²) in [4.78, 5) is 22.2. The van der Waals surface area contributed by atoms with Crippen LogP contribution in [0.25, 0.3) is 10.9 Å². The van der Waals surface area contributed by atoms with Crippen LogP contribution in [0, 0.1) is 0 Å². The zero-order chi connectivity index (χ0) is 24.1. The molecule has 174 valence electrons. The third-order valence-corrected chi connectivity index (χ3v) is 5.96. The highest BCUT2D eigenvalue weighted by atomic mass is 16.5. The minimum atomic E-state index is -0.431. The lowest BCUT2D eigenvalue weighted by Gasteiger charge is -2.17. The van der Waals surface area contributed by atoms with Gasteiger partial charge in [0, 0.05) is 23.0 Å². The number of aromatic nitrogens is 1. The Kier molecular flexibility index (Phi) is 7.09. The van der Waals surface area contributed by atoms with Crippen LogP contribution in [-0.4, -0.2) is 46.9 Å². The highest BCUT2D eigenvalue weighted by Crippen LogP contribution is 2.32. The minimum Gasteiger partial charge on any atom is -0.494 e. The molecule has 2 N–H and O–H groups in total. The van der Waals surface area contributed by atoms with Crippen LogP contribution >= 0.6 is 0 Å². The second kappa shape index (κ2) is 10.4. The van der Waals surface area contributed by atoms with E-state index in [2.05, 4.69) is 35.9 Å². The van der Waals surface area contributed by atoms with E-state index in [4.69, 9.17) is 9.73 Å². The summed E-state index contributed by atoms with van der Waals surface area (Å²) in [5.41, 5.74) is 5.18. The first kappa shape index (κ1) is 23.3. The van der Waals surface area contributed by atoms with Crippen molar-refractivity contribution in [2.75, 3.05) is 20.2 Å². The third-order valence-electron chi connectivity index (χ3n) is 5.96. The Balaban J connectivity index is 1.79. The highest BCUT2D eigenvalue weighted by molar-refractivity contribution is 6.22. The first-order chi connectivity index (χ1) is 16.5. The van der Waals surface area contributed by atoms with Crippen molar-refractivity contribution in [2.45, 2.75) is 20.4 Å². The summed E-state index contributed by atoms with van der Waals surface area (Å²) in [6.45, 7) is 7.23. The molecule has 6 heteroatoms. The fourth-order valence-electron chi connectivity index (χ4n) is 4.04. The van der Waals surface area contributed by atoms with Crippen molar-refractivity contribution in [3.05, 3.63) is 95.1 Å². The number of aromatic hydroxyl groups is 1. The zero-order valence-electron chi connectivity index (χ0n) is 19.7. The molecule has 1 aromatic heterocycles. The van der Waals surface area contributed by atoms with Crippen molar-refractivity contribution in [3.8, 4) is 5.88 Å².